The number of fused-ring (bicyclic) bond motifs is 1. The van der Waals surface area contributed by atoms with Gasteiger partial charge >= 0.3 is 0 Å². The number of aliphatic hydroxyl groups excluding tert-OH is 1. The van der Waals surface area contributed by atoms with E-state index in [1.165, 1.54) is 12.1 Å². The molecule has 6 nitrogen and oxygen atoms in total. The number of aryl methyl sites for hydroxylation is 1. The fraction of sp³-hybridized carbons (Fsp3) is 0.467. The van der Waals surface area contributed by atoms with Gasteiger partial charge in [-0.1, -0.05) is 0 Å². The molecular weight excluding hydrogens is 287 g/mol. The molecule has 1 aromatic carbocycles. The highest BCUT2D eigenvalue weighted by atomic mass is 19.1. The maximum absolute atomic E-state index is 12.8. The van der Waals surface area contributed by atoms with Gasteiger partial charge in [0.25, 0.3) is 0 Å². The minimum absolute atomic E-state index is 0.167. The van der Waals surface area contributed by atoms with Crippen LogP contribution in [0.4, 0.5) is 4.39 Å². The summed E-state index contributed by atoms with van der Waals surface area (Å²) in [6, 6.07) is 6.02. The largest absolute Gasteiger partial charge is 0.491 e. The maximum atomic E-state index is 12.8. The molecule has 3 rings (SSSR count). The number of nitrogens with zero attached hydrogens (tertiary/aromatic N) is 3. The molecule has 0 bridgehead atoms. The average Bonchev–Trinajstić information content (AvgIpc) is 3.00. The maximum Gasteiger partial charge on any atom is 0.138 e. The van der Waals surface area contributed by atoms with Crippen LogP contribution in [-0.4, -0.2) is 45.2 Å². The van der Waals surface area contributed by atoms with E-state index in [1.54, 1.807) is 18.5 Å². The number of rotatable bonds is 6. The lowest BCUT2D eigenvalue weighted by molar-refractivity contribution is 0.101. The van der Waals surface area contributed by atoms with Crippen LogP contribution in [0.5, 0.6) is 5.75 Å². The zero-order valence-electron chi connectivity index (χ0n) is 12.2. The van der Waals surface area contributed by atoms with E-state index in [0.717, 1.165) is 25.2 Å². The number of ether oxygens (including phenoxy) is 1. The summed E-state index contributed by atoms with van der Waals surface area (Å²) < 4.78 is 20.1. The Morgan fingerprint density at radius 2 is 2.23 bits per heavy atom. The smallest absolute Gasteiger partial charge is 0.138 e. The molecule has 22 heavy (non-hydrogen) atoms. The molecule has 0 aliphatic carbocycles. The molecule has 0 radical (unpaired) electrons. The van der Waals surface area contributed by atoms with Crippen LogP contribution in [0.3, 0.4) is 0 Å². The van der Waals surface area contributed by atoms with Crippen LogP contribution in [0, 0.1) is 5.82 Å². The first-order valence-electron chi connectivity index (χ1n) is 7.37. The molecular formula is C15H19FN4O2. The second kappa shape index (κ2) is 6.85. The van der Waals surface area contributed by atoms with Crippen LogP contribution in [0.2, 0.25) is 0 Å². The quantitative estimate of drug-likeness (QED) is 0.824. The van der Waals surface area contributed by atoms with Gasteiger partial charge in [-0.05, 0) is 30.7 Å². The Hall–Kier alpha value is -1.99. The summed E-state index contributed by atoms with van der Waals surface area (Å²) in [4.78, 5) is 4.18. The molecule has 0 amide bonds. The highest BCUT2D eigenvalue weighted by Gasteiger charge is 2.20. The van der Waals surface area contributed by atoms with E-state index in [4.69, 9.17) is 4.74 Å². The van der Waals surface area contributed by atoms with Crippen molar-refractivity contribution in [3.63, 3.8) is 0 Å². The van der Waals surface area contributed by atoms with E-state index in [9.17, 15) is 9.50 Å². The molecule has 2 atom stereocenters. The fourth-order valence-corrected chi connectivity index (χ4v) is 2.49. The van der Waals surface area contributed by atoms with E-state index < -0.39 is 6.10 Å². The van der Waals surface area contributed by atoms with Gasteiger partial charge in [0.1, 0.15) is 36.4 Å². The average molecular weight is 306 g/mol. The minimum Gasteiger partial charge on any atom is -0.491 e. The second-order valence-electron chi connectivity index (χ2n) is 5.42. The van der Waals surface area contributed by atoms with E-state index in [-0.39, 0.29) is 18.5 Å². The molecule has 0 spiro atoms. The van der Waals surface area contributed by atoms with Crippen LogP contribution in [0.1, 0.15) is 12.2 Å². The van der Waals surface area contributed by atoms with Crippen molar-refractivity contribution in [3.05, 3.63) is 42.2 Å². The molecule has 0 saturated carbocycles. The fourth-order valence-electron chi connectivity index (χ4n) is 2.49. The third-order valence-corrected chi connectivity index (χ3v) is 3.70. The molecule has 1 aliphatic heterocycles. The summed E-state index contributed by atoms with van der Waals surface area (Å²) in [5, 5.41) is 17.4. The lowest BCUT2D eigenvalue weighted by Crippen LogP contribution is -2.42. The second-order valence-corrected chi connectivity index (χ2v) is 5.42. The van der Waals surface area contributed by atoms with Crippen molar-refractivity contribution in [1.29, 1.82) is 0 Å². The summed E-state index contributed by atoms with van der Waals surface area (Å²) in [6.45, 7) is 1.37. The van der Waals surface area contributed by atoms with Gasteiger partial charge in [-0.3, -0.25) is 0 Å². The van der Waals surface area contributed by atoms with Crippen molar-refractivity contribution in [2.75, 3.05) is 13.2 Å². The monoisotopic (exact) mass is 306 g/mol. The summed E-state index contributed by atoms with van der Waals surface area (Å²) in [5.41, 5.74) is 0. The standard InChI is InChI=1S/C15H19FN4O2/c16-11-1-4-14(5-2-11)22-9-13(21)7-17-12-3-6-15-18-10-19-20(15)8-12/h1-2,4-5,10,12-13,17,21H,3,6-9H2/t12-,13-/m1/s1. The molecule has 2 heterocycles. The molecule has 2 aromatic rings. The first kappa shape index (κ1) is 14.9. The number of halogens is 1. The van der Waals surface area contributed by atoms with Crippen molar-refractivity contribution in [2.24, 2.45) is 0 Å². The molecule has 0 unspecified atom stereocenters. The van der Waals surface area contributed by atoms with Crippen molar-refractivity contribution >= 4 is 0 Å². The molecule has 1 aliphatic rings. The Morgan fingerprint density at radius 3 is 3.05 bits per heavy atom. The Bertz CT molecular complexity index is 602. The lowest BCUT2D eigenvalue weighted by Gasteiger charge is -2.24. The number of hydrogen-bond donors (Lipinski definition) is 2. The Labute approximate surface area is 127 Å². The Balaban J connectivity index is 1.39. The summed E-state index contributed by atoms with van der Waals surface area (Å²) >= 11 is 0. The number of aliphatic hydroxyl groups is 1. The predicted octanol–water partition coefficient (Wildman–Crippen LogP) is 0.761. The van der Waals surface area contributed by atoms with E-state index in [2.05, 4.69) is 15.4 Å². The van der Waals surface area contributed by atoms with Crippen LogP contribution in [-0.2, 0) is 13.0 Å². The van der Waals surface area contributed by atoms with Gasteiger partial charge in [-0.25, -0.2) is 14.1 Å². The van der Waals surface area contributed by atoms with E-state index in [0.29, 0.717) is 12.3 Å². The third-order valence-electron chi connectivity index (χ3n) is 3.70. The summed E-state index contributed by atoms with van der Waals surface area (Å²) in [6.07, 6.45) is 2.81. The normalized spacial score (nSPS) is 18.7. The SMILES string of the molecule is O[C@H](CN[C@@H]1CCc2ncnn2C1)COc1ccc(F)cc1. The van der Waals surface area contributed by atoms with Crippen molar-refractivity contribution in [3.8, 4) is 5.75 Å². The van der Waals surface area contributed by atoms with Gasteiger partial charge in [0, 0.05) is 19.0 Å². The molecule has 118 valence electrons. The Kier molecular flexibility index (Phi) is 4.65. The van der Waals surface area contributed by atoms with Crippen molar-refractivity contribution in [1.82, 2.24) is 20.1 Å². The number of aromatic nitrogens is 3. The summed E-state index contributed by atoms with van der Waals surface area (Å²) in [5.74, 6) is 1.25. The first-order chi connectivity index (χ1) is 10.7. The zero-order chi connectivity index (χ0) is 15.4. The van der Waals surface area contributed by atoms with Crippen molar-refractivity contribution < 1.29 is 14.2 Å². The number of benzene rings is 1. The lowest BCUT2D eigenvalue weighted by atomic mass is 10.1. The van der Waals surface area contributed by atoms with Gasteiger partial charge in [-0.2, -0.15) is 5.10 Å². The minimum atomic E-state index is -0.623. The van der Waals surface area contributed by atoms with Gasteiger partial charge < -0.3 is 15.2 Å². The molecule has 2 N–H and O–H groups in total. The molecule has 1 aromatic heterocycles. The molecule has 0 saturated heterocycles. The van der Waals surface area contributed by atoms with Crippen LogP contribution in [0.15, 0.2) is 30.6 Å². The highest BCUT2D eigenvalue weighted by molar-refractivity contribution is 5.22. The van der Waals surface area contributed by atoms with Gasteiger partial charge in [0.05, 0.1) is 6.54 Å². The van der Waals surface area contributed by atoms with E-state index >= 15 is 0 Å². The topological polar surface area (TPSA) is 72.2 Å². The van der Waals surface area contributed by atoms with Gasteiger partial charge in [0.2, 0.25) is 0 Å². The van der Waals surface area contributed by atoms with Crippen LogP contribution < -0.4 is 10.1 Å². The van der Waals surface area contributed by atoms with Gasteiger partial charge in [-0.15, -0.1) is 0 Å². The van der Waals surface area contributed by atoms with Crippen molar-refractivity contribution in [2.45, 2.75) is 31.5 Å². The highest BCUT2D eigenvalue weighted by Crippen LogP contribution is 2.12. The molecule has 0 fully saturated rings. The zero-order valence-corrected chi connectivity index (χ0v) is 12.2. The summed E-state index contributed by atoms with van der Waals surface area (Å²) in [7, 11) is 0. The Morgan fingerprint density at radius 1 is 1.41 bits per heavy atom. The van der Waals surface area contributed by atoms with Crippen LogP contribution in [0.25, 0.3) is 0 Å². The molecule has 7 heteroatoms. The van der Waals surface area contributed by atoms with Gasteiger partial charge in [0.15, 0.2) is 0 Å². The predicted molar refractivity (Wildman–Crippen MR) is 78.0 cm³/mol. The number of nitrogens with one attached hydrogen (secondary N) is 1. The van der Waals surface area contributed by atoms with E-state index in [1.807, 2.05) is 4.68 Å². The first-order valence-corrected chi connectivity index (χ1v) is 7.37. The third kappa shape index (κ3) is 3.80. The van der Waals surface area contributed by atoms with Crippen LogP contribution >= 0.6 is 0 Å². The number of hydrogen-bond acceptors (Lipinski definition) is 5.